The molecule has 1 aromatic heterocycles. The lowest BCUT2D eigenvalue weighted by atomic mass is 10.0. The van der Waals surface area contributed by atoms with E-state index in [1.54, 1.807) is 12.1 Å². The number of hydrogen-bond acceptors (Lipinski definition) is 3. The van der Waals surface area contributed by atoms with E-state index in [2.05, 4.69) is 16.0 Å². The number of benzene rings is 1. The highest BCUT2D eigenvalue weighted by Gasteiger charge is 2.25. The predicted molar refractivity (Wildman–Crippen MR) is 96.4 cm³/mol. The molecular formula is C21H25FN2O. The first-order chi connectivity index (χ1) is 12.3. The fourth-order valence-corrected chi connectivity index (χ4v) is 4.07. The number of hydrogen-bond donors (Lipinski definition) is 0. The lowest BCUT2D eigenvalue weighted by Crippen LogP contribution is -2.39. The van der Waals surface area contributed by atoms with Crippen LogP contribution in [0.2, 0.25) is 0 Å². The van der Waals surface area contributed by atoms with Crippen molar-refractivity contribution in [3.05, 3.63) is 59.7 Å². The minimum atomic E-state index is -0.217. The third-order valence-electron chi connectivity index (χ3n) is 5.52. The van der Waals surface area contributed by atoms with Crippen LogP contribution in [0.3, 0.4) is 0 Å². The van der Waals surface area contributed by atoms with E-state index in [-0.39, 0.29) is 11.9 Å². The number of aromatic nitrogens is 1. The third kappa shape index (κ3) is 4.01. The number of fused-ring (bicyclic) bond motifs is 1. The van der Waals surface area contributed by atoms with Crippen LogP contribution < -0.4 is 4.74 Å². The van der Waals surface area contributed by atoms with E-state index in [0.29, 0.717) is 5.92 Å². The van der Waals surface area contributed by atoms with Crippen LogP contribution in [0.15, 0.2) is 42.6 Å². The van der Waals surface area contributed by atoms with Crippen LogP contribution >= 0.6 is 0 Å². The summed E-state index contributed by atoms with van der Waals surface area (Å²) in [5, 5.41) is 0. The van der Waals surface area contributed by atoms with Crippen molar-refractivity contribution in [2.75, 3.05) is 19.6 Å². The van der Waals surface area contributed by atoms with Gasteiger partial charge < -0.3 is 9.64 Å². The summed E-state index contributed by atoms with van der Waals surface area (Å²) in [6.07, 6.45) is 7.88. The number of halogens is 1. The van der Waals surface area contributed by atoms with Crippen LogP contribution in [0, 0.1) is 5.82 Å². The summed E-state index contributed by atoms with van der Waals surface area (Å²) in [5.74, 6) is 1.18. The van der Waals surface area contributed by atoms with Gasteiger partial charge in [-0.15, -0.1) is 0 Å². The van der Waals surface area contributed by atoms with Gasteiger partial charge in [0.15, 0.2) is 0 Å². The molecule has 1 aliphatic carbocycles. The number of ether oxygens (including phenoxy) is 1. The van der Waals surface area contributed by atoms with Crippen molar-refractivity contribution in [3.63, 3.8) is 0 Å². The van der Waals surface area contributed by atoms with Crippen LogP contribution in [-0.4, -0.2) is 35.6 Å². The Bertz CT molecular complexity index is 695. The van der Waals surface area contributed by atoms with Gasteiger partial charge in [0.1, 0.15) is 17.7 Å². The van der Waals surface area contributed by atoms with Crippen molar-refractivity contribution in [1.29, 1.82) is 0 Å². The average Bonchev–Trinajstić information content (AvgIpc) is 3.06. The topological polar surface area (TPSA) is 25.4 Å². The Morgan fingerprint density at radius 3 is 2.68 bits per heavy atom. The summed E-state index contributed by atoms with van der Waals surface area (Å²) in [5.41, 5.74) is 2.77. The second-order valence-electron chi connectivity index (χ2n) is 7.18. The Balaban J connectivity index is 1.22. The minimum absolute atomic E-state index is 0.217. The monoisotopic (exact) mass is 340 g/mol. The van der Waals surface area contributed by atoms with Gasteiger partial charge in [0, 0.05) is 30.9 Å². The van der Waals surface area contributed by atoms with Crippen molar-refractivity contribution in [3.8, 4) is 5.75 Å². The van der Waals surface area contributed by atoms with Gasteiger partial charge in [-0.1, -0.05) is 6.07 Å². The highest BCUT2D eigenvalue weighted by atomic mass is 19.1. The molecule has 0 amide bonds. The molecule has 25 heavy (non-hydrogen) atoms. The van der Waals surface area contributed by atoms with Gasteiger partial charge in [0.25, 0.3) is 0 Å². The van der Waals surface area contributed by atoms with Gasteiger partial charge in [-0.3, -0.25) is 4.98 Å². The SMILES string of the molecule is Fc1ccc(OC2CCN(CCC3CCc4cccnc43)CC2)cc1. The maximum absolute atomic E-state index is 13.0. The molecule has 0 N–H and O–H groups in total. The zero-order valence-electron chi connectivity index (χ0n) is 14.5. The van der Waals surface area contributed by atoms with E-state index in [1.807, 2.05) is 12.3 Å². The Kier molecular flexibility index (Phi) is 4.97. The molecule has 2 aromatic rings. The van der Waals surface area contributed by atoms with E-state index in [9.17, 15) is 4.39 Å². The molecule has 0 radical (unpaired) electrons. The quantitative estimate of drug-likeness (QED) is 0.816. The van der Waals surface area contributed by atoms with E-state index < -0.39 is 0 Å². The lowest BCUT2D eigenvalue weighted by molar-refractivity contribution is 0.0986. The number of nitrogens with zero attached hydrogens (tertiary/aromatic N) is 2. The molecule has 1 unspecified atom stereocenters. The molecule has 3 nitrogen and oxygen atoms in total. The van der Waals surface area contributed by atoms with Gasteiger partial charge in [-0.2, -0.15) is 0 Å². The predicted octanol–water partition coefficient (Wildman–Crippen LogP) is 4.18. The first-order valence-corrected chi connectivity index (χ1v) is 9.36. The molecule has 2 heterocycles. The summed E-state index contributed by atoms with van der Waals surface area (Å²) >= 11 is 0. The van der Waals surface area contributed by atoms with Crippen molar-refractivity contribution in [2.24, 2.45) is 0 Å². The smallest absolute Gasteiger partial charge is 0.123 e. The molecule has 0 saturated carbocycles. The molecule has 1 aromatic carbocycles. The minimum Gasteiger partial charge on any atom is -0.490 e. The molecule has 132 valence electrons. The molecular weight excluding hydrogens is 315 g/mol. The van der Waals surface area contributed by atoms with Crippen LogP contribution in [0.4, 0.5) is 4.39 Å². The molecule has 1 atom stereocenters. The number of likely N-dealkylation sites (tertiary alicyclic amines) is 1. The Hall–Kier alpha value is -1.94. The molecule has 4 heteroatoms. The van der Waals surface area contributed by atoms with Crippen LogP contribution in [0.25, 0.3) is 0 Å². The van der Waals surface area contributed by atoms with Crippen molar-refractivity contribution in [1.82, 2.24) is 9.88 Å². The molecule has 1 saturated heterocycles. The lowest BCUT2D eigenvalue weighted by Gasteiger charge is -2.32. The van der Waals surface area contributed by atoms with E-state index in [1.165, 1.54) is 42.7 Å². The molecule has 2 aliphatic rings. The van der Waals surface area contributed by atoms with Gasteiger partial charge in [0.05, 0.1) is 0 Å². The molecule has 1 aliphatic heterocycles. The second-order valence-corrected chi connectivity index (χ2v) is 7.18. The van der Waals surface area contributed by atoms with Crippen LogP contribution in [0.1, 0.15) is 42.9 Å². The molecule has 4 rings (SSSR count). The Morgan fingerprint density at radius 1 is 1.08 bits per heavy atom. The van der Waals surface area contributed by atoms with Crippen molar-refractivity contribution < 1.29 is 9.13 Å². The van der Waals surface area contributed by atoms with Crippen molar-refractivity contribution >= 4 is 0 Å². The summed E-state index contributed by atoms with van der Waals surface area (Å²) in [6.45, 7) is 3.30. The first-order valence-electron chi connectivity index (χ1n) is 9.36. The zero-order chi connectivity index (χ0) is 17.1. The van der Waals surface area contributed by atoms with E-state index in [4.69, 9.17) is 4.74 Å². The normalized spacial score (nSPS) is 21.2. The maximum Gasteiger partial charge on any atom is 0.123 e. The summed E-state index contributed by atoms with van der Waals surface area (Å²) in [4.78, 5) is 7.15. The zero-order valence-corrected chi connectivity index (χ0v) is 14.5. The molecule has 1 fully saturated rings. The van der Waals surface area contributed by atoms with Gasteiger partial charge >= 0.3 is 0 Å². The summed E-state index contributed by atoms with van der Waals surface area (Å²) in [6, 6.07) is 10.6. The number of piperidine rings is 1. The van der Waals surface area contributed by atoms with Gasteiger partial charge in [0.2, 0.25) is 0 Å². The highest BCUT2D eigenvalue weighted by Crippen LogP contribution is 2.33. The number of rotatable bonds is 5. The molecule has 0 bridgehead atoms. The second kappa shape index (κ2) is 7.52. The highest BCUT2D eigenvalue weighted by molar-refractivity contribution is 5.28. The van der Waals surface area contributed by atoms with Gasteiger partial charge in [-0.05, 0) is 74.5 Å². The van der Waals surface area contributed by atoms with E-state index in [0.717, 1.165) is 38.2 Å². The fourth-order valence-electron chi connectivity index (χ4n) is 4.07. The summed E-state index contributed by atoms with van der Waals surface area (Å²) in [7, 11) is 0. The van der Waals surface area contributed by atoms with Crippen LogP contribution in [0.5, 0.6) is 5.75 Å². The summed E-state index contributed by atoms with van der Waals surface area (Å²) < 4.78 is 18.9. The Labute approximate surface area is 148 Å². The van der Waals surface area contributed by atoms with Crippen molar-refractivity contribution in [2.45, 2.75) is 44.1 Å². The number of aryl methyl sites for hydroxylation is 1. The third-order valence-corrected chi connectivity index (χ3v) is 5.52. The molecule has 0 spiro atoms. The standard InChI is InChI=1S/C21H25FN2O/c22-18-5-7-19(8-6-18)25-20-10-14-24(15-11-20)13-9-17-4-3-16-2-1-12-23-21(16)17/h1-2,5-8,12,17,20H,3-4,9-11,13-15H2. The first kappa shape index (κ1) is 16.5. The van der Waals surface area contributed by atoms with E-state index >= 15 is 0 Å². The van der Waals surface area contributed by atoms with Gasteiger partial charge in [-0.25, -0.2) is 4.39 Å². The fraction of sp³-hybridized carbons (Fsp3) is 0.476. The largest absolute Gasteiger partial charge is 0.490 e. The van der Waals surface area contributed by atoms with Crippen LogP contribution in [-0.2, 0) is 6.42 Å². The Morgan fingerprint density at radius 2 is 1.88 bits per heavy atom. The number of pyridine rings is 1. The average molecular weight is 340 g/mol. The maximum atomic E-state index is 13.0.